The van der Waals surface area contributed by atoms with E-state index in [0.717, 1.165) is 12.0 Å². The van der Waals surface area contributed by atoms with E-state index in [9.17, 15) is 4.39 Å². The molecule has 2 N–H and O–H groups in total. The molecule has 1 aliphatic rings. The molecule has 0 bridgehead atoms. The molecule has 0 heterocycles. The van der Waals surface area contributed by atoms with Crippen molar-refractivity contribution in [3.8, 4) is 0 Å². The summed E-state index contributed by atoms with van der Waals surface area (Å²) in [4.78, 5) is 1.77. The third kappa shape index (κ3) is 1.60. The third-order valence-electron chi connectivity index (χ3n) is 2.72. The second-order valence-corrected chi connectivity index (χ2v) is 4.11. The van der Waals surface area contributed by atoms with E-state index in [1.165, 1.54) is 0 Å². The van der Waals surface area contributed by atoms with Gasteiger partial charge in [-0.3, -0.25) is 0 Å². The molecule has 1 aromatic rings. The van der Waals surface area contributed by atoms with Gasteiger partial charge in [0.15, 0.2) is 0 Å². The van der Waals surface area contributed by atoms with Gasteiger partial charge in [0.2, 0.25) is 0 Å². The summed E-state index contributed by atoms with van der Waals surface area (Å²) in [7, 11) is 3.67. The largest absolute Gasteiger partial charge is 0.375 e. The number of halogens is 1. The molecule has 0 unspecified atom stereocenters. The lowest BCUT2D eigenvalue weighted by atomic mass is 10.1. The van der Waals surface area contributed by atoms with Gasteiger partial charge in [-0.25, -0.2) is 4.39 Å². The Balaban J connectivity index is 2.27. The molecule has 0 amide bonds. The molecule has 2 rings (SSSR count). The van der Waals surface area contributed by atoms with E-state index in [0.29, 0.717) is 11.6 Å². The number of nitrogens with two attached hydrogens (primary N) is 1. The van der Waals surface area contributed by atoms with Gasteiger partial charge in [-0.05, 0) is 24.1 Å². The van der Waals surface area contributed by atoms with E-state index in [-0.39, 0.29) is 11.9 Å². The highest BCUT2D eigenvalue weighted by Crippen LogP contribution is 2.39. The van der Waals surface area contributed by atoms with Crippen molar-refractivity contribution in [3.05, 3.63) is 29.6 Å². The normalized spacial score (nSPS) is 24.9. The van der Waals surface area contributed by atoms with Crippen LogP contribution in [-0.4, -0.2) is 20.1 Å². The highest BCUT2D eigenvalue weighted by atomic mass is 19.1. The Morgan fingerprint density at radius 2 is 2.07 bits per heavy atom. The van der Waals surface area contributed by atoms with Crippen LogP contribution in [0.4, 0.5) is 10.1 Å². The smallest absolute Gasteiger partial charge is 0.146 e. The van der Waals surface area contributed by atoms with Gasteiger partial charge in [-0.15, -0.1) is 0 Å². The van der Waals surface area contributed by atoms with Crippen LogP contribution in [0.3, 0.4) is 0 Å². The number of benzene rings is 1. The van der Waals surface area contributed by atoms with Gasteiger partial charge in [-0.2, -0.15) is 0 Å². The van der Waals surface area contributed by atoms with Gasteiger partial charge in [0.1, 0.15) is 5.82 Å². The van der Waals surface area contributed by atoms with E-state index < -0.39 is 0 Å². The van der Waals surface area contributed by atoms with Gasteiger partial charge in [-0.1, -0.05) is 6.07 Å². The molecular weight excluding hydrogens is 179 g/mol. The summed E-state index contributed by atoms with van der Waals surface area (Å²) in [5.74, 6) is 0.215. The Kier molecular flexibility index (Phi) is 2.19. The van der Waals surface area contributed by atoms with Crippen molar-refractivity contribution in [1.82, 2.24) is 0 Å². The summed E-state index contributed by atoms with van der Waals surface area (Å²) in [6, 6.07) is 5.62. The quantitative estimate of drug-likeness (QED) is 0.776. The summed E-state index contributed by atoms with van der Waals surface area (Å²) < 4.78 is 13.5. The van der Waals surface area contributed by atoms with Crippen LogP contribution in [0.15, 0.2) is 18.2 Å². The van der Waals surface area contributed by atoms with Crippen molar-refractivity contribution in [2.75, 3.05) is 19.0 Å². The molecular formula is C11H15FN2. The van der Waals surface area contributed by atoms with Gasteiger partial charge < -0.3 is 10.6 Å². The molecule has 1 saturated carbocycles. The molecule has 1 fully saturated rings. The maximum Gasteiger partial charge on any atom is 0.146 e. The molecule has 2 atom stereocenters. The van der Waals surface area contributed by atoms with E-state index in [2.05, 4.69) is 0 Å². The minimum absolute atomic E-state index is 0.161. The van der Waals surface area contributed by atoms with Crippen LogP contribution in [0.5, 0.6) is 0 Å². The lowest BCUT2D eigenvalue weighted by molar-refractivity contribution is 0.623. The minimum Gasteiger partial charge on any atom is -0.375 e. The van der Waals surface area contributed by atoms with Crippen LogP contribution >= 0.6 is 0 Å². The monoisotopic (exact) mass is 194 g/mol. The summed E-state index contributed by atoms with van der Waals surface area (Å²) in [5, 5.41) is 0. The number of anilines is 1. The van der Waals surface area contributed by atoms with Crippen LogP contribution in [-0.2, 0) is 0 Å². The van der Waals surface area contributed by atoms with Crippen LogP contribution < -0.4 is 10.6 Å². The molecule has 1 aliphatic carbocycles. The lowest BCUT2D eigenvalue weighted by Gasteiger charge is -2.14. The maximum atomic E-state index is 13.5. The van der Waals surface area contributed by atoms with E-state index >= 15 is 0 Å². The predicted octanol–water partition coefficient (Wildman–Crippen LogP) is 1.71. The summed E-state index contributed by atoms with van der Waals surface area (Å²) >= 11 is 0. The first kappa shape index (κ1) is 9.46. The molecule has 3 heteroatoms. The average molecular weight is 194 g/mol. The molecule has 1 aromatic carbocycles. The molecule has 0 aliphatic heterocycles. The summed E-state index contributed by atoms with van der Waals surface area (Å²) in [6.07, 6.45) is 0.987. The number of hydrogen-bond donors (Lipinski definition) is 1. The molecule has 0 aromatic heterocycles. The molecule has 0 spiro atoms. The van der Waals surface area contributed by atoms with Crippen LogP contribution in [0.25, 0.3) is 0 Å². The number of nitrogens with zero attached hydrogens (tertiary/aromatic N) is 1. The SMILES string of the molecule is CN(C)c1ccc([C@@H]2C[C@H]2N)cc1F. The fourth-order valence-electron chi connectivity index (χ4n) is 1.71. The zero-order valence-corrected chi connectivity index (χ0v) is 8.50. The zero-order chi connectivity index (χ0) is 10.3. The summed E-state index contributed by atoms with van der Waals surface area (Å²) in [6.45, 7) is 0. The highest BCUT2D eigenvalue weighted by Gasteiger charge is 2.35. The van der Waals surface area contributed by atoms with Gasteiger partial charge in [0.25, 0.3) is 0 Å². The Labute approximate surface area is 83.5 Å². The Bertz CT molecular complexity index is 349. The van der Waals surface area contributed by atoms with Crippen molar-refractivity contribution in [3.63, 3.8) is 0 Å². The van der Waals surface area contributed by atoms with Crippen LogP contribution in [0.2, 0.25) is 0 Å². The predicted molar refractivity (Wildman–Crippen MR) is 56.1 cm³/mol. The van der Waals surface area contributed by atoms with Crippen molar-refractivity contribution >= 4 is 5.69 Å². The molecule has 0 radical (unpaired) electrons. The number of hydrogen-bond acceptors (Lipinski definition) is 2. The van der Waals surface area contributed by atoms with Crippen molar-refractivity contribution in [2.24, 2.45) is 5.73 Å². The Morgan fingerprint density at radius 3 is 2.50 bits per heavy atom. The van der Waals surface area contributed by atoms with E-state index in [4.69, 9.17) is 5.73 Å². The maximum absolute atomic E-state index is 13.5. The van der Waals surface area contributed by atoms with Crippen molar-refractivity contribution in [1.29, 1.82) is 0 Å². The van der Waals surface area contributed by atoms with Gasteiger partial charge in [0.05, 0.1) is 5.69 Å². The fourth-order valence-corrected chi connectivity index (χ4v) is 1.71. The Hall–Kier alpha value is -1.09. The first-order valence-corrected chi connectivity index (χ1v) is 4.82. The molecule has 14 heavy (non-hydrogen) atoms. The molecule has 2 nitrogen and oxygen atoms in total. The first-order chi connectivity index (χ1) is 6.59. The lowest BCUT2D eigenvalue weighted by Crippen LogP contribution is -2.11. The highest BCUT2D eigenvalue weighted by molar-refractivity contribution is 5.49. The van der Waals surface area contributed by atoms with Gasteiger partial charge in [0, 0.05) is 26.1 Å². The molecule has 76 valence electrons. The minimum atomic E-state index is -0.161. The van der Waals surface area contributed by atoms with Gasteiger partial charge >= 0.3 is 0 Å². The average Bonchev–Trinajstić information content (AvgIpc) is 2.81. The second-order valence-electron chi connectivity index (χ2n) is 4.11. The second kappa shape index (κ2) is 3.24. The summed E-state index contributed by atoms with van der Waals surface area (Å²) in [5.41, 5.74) is 7.37. The standard InChI is InChI=1S/C11H15FN2/c1-14(2)11-4-3-7(5-9(11)12)8-6-10(8)13/h3-5,8,10H,6,13H2,1-2H3/t8-,10+/m0/s1. The van der Waals surface area contributed by atoms with Crippen LogP contribution in [0.1, 0.15) is 17.9 Å². The number of rotatable bonds is 2. The zero-order valence-electron chi connectivity index (χ0n) is 8.50. The first-order valence-electron chi connectivity index (χ1n) is 4.82. The third-order valence-corrected chi connectivity index (χ3v) is 2.72. The van der Waals surface area contributed by atoms with Crippen LogP contribution in [0, 0.1) is 5.82 Å². The van der Waals surface area contributed by atoms with E-state index in [1.807, 2.05) is 26.2 Å². The molecule has 0 saturated heterocycles. The topological polar surface area (TPSA) is 29.3 Å². The Morgan fingerprint density at radius 1 is 1.43 bits per heavy atom. The fraction of sp³-hybridized carbons (Fsp3) is 0.455. The van der Waals surface area contributed by atoms with Crippen molar-refractivity contribution in [2.45, 2.75) is 18.4 Å². The van der Waals surface area contributed by atoms with Crippen molar-refractivity contribution < 1.29 is 4.39 Å². The van der Waals surface area contributed by atoms with E-state index in [1.54, 1.807) is 11.0 Å².